The van der Waals surface area contributed by atoms with Crippen LogP contribution in [-0.2, 0) is 12.0 Å². The van der Waals surface area contributed by atoms with Gasteiger partial charge in [0.15, 0.2) is 0 Å². The minimum Gasteiger partial charge on any atom is -0.339 e. The molecule has 2 heterocycles. The summed E-state index contributed by atoms with van der Waals surface area (Å²) in [5.41, 5.74) is 6.73. The van der Waals surface area contributed by atoms with Crippen molar-refractivity contribution < 1.29 is 4.79 Å². The molecule has 0 aliphatic heterocycles. The van der Waals surface area contributed by atoms with Gasteiger partial charge < -0.3 is 11.1 Å². The molecule has 1 aliphatic carbocycles. The number of carbonyl (C=O) groups excluding carboxylic acids is 1. The Bertz CT molecular complexity index is 655. The van der Waals surface area contributed by atoms with Crippen LogP contribution < -0.4 is 11.1 Å². The highest BCUT2D eigenvalue weighted by molar-refractivity contribution is 7.10. The Morgan fingerprint density at radius 2 is 2.04 bits per heavy atom. The first-order chi connectivity index (χ1) is 10.1. The van der Waals surface area contributed by atoms with Crippen LogP contribution in [0.5, 0.6) is 0 Å². The van der Waals surface area contributed by atoms with Crippen LogP contribution in [0.4, 0.5) is 0 Å². The second-order valence-corrected chi connectivity index (χ2v) is 7.15. The topological polar surface area (TPSA) is 80.9 Å². The summed E-state index contributed by atoms with van der Waals surface area (Å²) in [5, 5.41) is 8.91. The van der Waals surface area contributed by atoms with Crippen molar-refractivity contribution in [1.82, 2.24) is 15.3 Å². The lowest BCUT2D eigenvalue weighted by molar-refractivity contribution is 0.0818. The molecule has 0 atom stereocenters. The number of amides is 1. The summed E-state index contributed by atoms with van der Waals surface area (Å²) >= 11 is 3.11. The Morgan fingerprint density at radius 1 is 1.30 bits per heavy atom. The largest absolute Gasteiger partial charge is 0.339 e. The number of rotatable bonds is 5. The van der Waals surface area contributed by atoms with Crippen molar-refractivity contribution in [2.45, 2.75) is 38.1 Å². The fraction of sp³-hybridized carbons (Fsp3) is 0.500. The lowest BCUT2D eigenvalue weighted by atomic mass is 9.77. The Kier molecular flexibility index (Phi) is 7.41. The van der Waals surface area contributed by atoms with E-state index in [2.05, 4.69) is 15.3 Å². The van der Waals surface area contributed by atoms with Gasteiger partial charge in [-0.1, -0.05) is 0 Å². The van der Waals surface area contributed by atoms with Crippen molar-refractivity contribution in [3.63, 3.8) is 0 Å². The van der Waals surface area contributed by atoms with Crippen LogP contribution in [0.3, 0.4) is 0 Å². The summed E-state index contributed by atoms with van der Waals surface area (Å²) in [6.45, 7) is 2.53. The predicted octanol–water partition coefficient (Wildman–Crippen LogP) is 3.06. The third-order valence-electron chi connectivity index (χ3n) is 3.73. The van der Waals surface area contributed by atoms with Crippen LogP contribution in [-0.4, -0.2) is 22.4 Å². The van der Waals surface area contributed by atoms with E-state index in [4.69, 9.17) is 5.73 Å². The van der Waals surface area contributed by atoms with Gasteiger partial charge in [0, 0.05) is 22.9 Å². The standard InChI is InChI=1S/C14H18N4OS2.2ClH/c1-9-7-21-13(16-9)14(4-2-5-14)18-12(19)10-8-20-11(17-10)3-6-15;;/h7-8H,2-6,15H2,1H3,(H,18,19);2*1H. The maximum Gasteiger partial charge on any atom is 0.271 e. The minimum absolute atomic E-state index is 0. The van der Waals surface area contributed by atoms with Crippen LogP contribution in [0, 0.1) is 6.92 Å². The van der Waals surface area contributed by atoms with Crippen molar-refractivity contribution in [3.05, 3.63) is 32.2 Å². The first-order valence-corrected chi connectivity index (χ1v) is 8.78. The molecule has 5 nitrogen and oxygen atoms in total. The second kappa shape index (κ2) is 8.39. The van der Waals surface area contributed by atoms with E-state index in [-0.39, 0.29) is 36.3 Å². The van der Waals surface area contributed by atoms with Gasteiger partial charge in [-0.2, -0.15) is 0 Å². The first-order valence-electron chi connectivity index (χ1n) is 7.02. The number of carbonyl (C=O) groups is 1. The molecule has 23 heavy (non-hydrogen) atoms. The molecule has 1 amide bonds. The molecule has 0 radical (unpaired) electrons. The Hall–Kier alpha value is -0.730. The van der Waals surface area contributed by atoms with E-state index in [1.54, 1.807) is 16.7 Å². The molecule has 2 aromatic rings. The van der Waals surface area contributed by atoms with Gasteiger partial charge >= 0.3 is 0 Å². The van der Waals surface area contributed by atoms with Gasteiger partial charge in [0.2, 0.25) is 0 Å². The zero-order valence-corrected chi connectivity index (χ0v) is 16.0. The predicted molar refractivity (Wildman–Crippen MR) is 99.2 cm³/mol. The van der Waals surface area contributed by atoms with Gasteiger partial charge in [-0.25, -0.2) is 9.97 Å². The Balaban J connectivity index is 0.00000132. The highest BCUT2D eigenvalue weighted by Crippen LogP contribution is 2.42. The van der Waals surface area contributed by atoms with Crippen molar-refractivity contribution >= 4 is 53.4 Å². The number of aryl methyl sites for hydroxylation is 1. The Labute approximate surface area is 155 Å². The lowest BCUT2D eigenvalue weighted by Crippen LogP contribution is -2.50. The zero-order valence-electron chi connectivity index (χ0n) is 12.7. The van der Waals surface area contributed by atoms with E-state index >= 15 is 0 Å². The monoisotopic (exact) mass is 394 g/mol. The SMILES string of the molecule is Cc1csc(C2(NC(=O)c3csc(CCN)n3)CCC2)n1.Cl.Cl. The fourth-order valence-corrected chi connectivity index (χ4v) is 4.24. The third-order valence-corrected chi connectivity index (χ3v) is 5.80. The van der Waals surface area contributed by atoms with Gasteiger partial charge in [-0.15, -0.1) is 47.5 Å². The zero-order chi connectivity index (χ0) is 14.9. The molecule has 0 saturated heterocycles. The number of thiazole rings is 2. The van der Waals surface area contributed by atoms with E-state index in [1.807, 2.05) is 12.3 Å². The van der Waals surface area contributed by atoms with Crippen LogP contribution in [0.2, 0.25) is 0 Å². The van der Waals surface area contributed by atoms with Crippen molar-refractivity contribution in [2.75, 3.05) is 6.54 Å². The molecule has 0 unspecified atom stereocenters. The van der Waals surface area contributed by atoms with Gasteiger partial charge in [0.05, 0.1) is 10.5 Å². The highest BCUT2D eigenvalue weighted by atomic mass is 35.5. The maximum atomic E-state index is 12.4. The molecule has 3 N–H and O–H groups in total. The number of hydrogen-bond donors (Lipinski definition) is 2. The molecule has 1 fully saturated rings. The number of hydrogen-bond acceptors (Lipinski definition) is 6. The molecular weight excluding hydrogens is 375 g/mol. The molecule has 1 saturated carbocycles. The van der Waals surface area contributed by atoms with Crippen molar-refractivity contribution in [2.24, 2.45) is 5.73 Å². The average Bonchev–Trinajstić information content (AvgIpc) is 3.03. The van der Waals surface area contributed by atoms with E-state index in [9.17, 15) is 4.79 Å². The minimum atomic E-state index is -0.284. The quantitative estimate of drug-likeness (QED) is 0.816. The van der Waals surface area contributed by atoms with Crippen LogP contribution in [0.1, 0.15) is 45.5 Å². The first kappa shape index (κ1) is 20.3. The summed E-state index contributed by atoms with van der Waals surface area (Å²) in [4.78, 5) is 21.3. The smallest absolute Gasteiger partial charge is 0.271 e. The van der Waals surface area contributed by atoms with Crippen LogP contribution >= 0.6 is 47.5 Å². The Morgan fingerprint density at radius 3 is 2.57 bits per heavy atom. The molecule has 2 aromatic heterocycles. The fourth-order valence-electron chi connectivity index (χ4n) is 2.43. The van der Waals surface area contributed by atoms with Crippen molar-refractivity contribution in [3.8, 4) is 0 Å². The summed E-state index contributed by atoms with van der Waals surface area (Å²) in [6, 6.07) is 0. The van der Waals surface area contributed by atoms with Crippen LogP contribution in [0.25, 0.3) is 0 Å². The molecule has 0 bridgehead atoms. The van der Waals surface area contributed by atoms with Gasteiger partial charge in [-0.3, -0.25) is 4.79 Å². The molecule has 128 valence electrons. The molecule has 1 aliphatic rings. The molecule has 3 rings (SSSR count). The molecule has 9 heteroatoms. The summed E-state index contributed by atoms with van der Waals surface area (Å²) in [5.74, 6) is -0.109. The molecule has 0 aromatic carbocycles. The van der Waals surface area contributed by atoms with E-state index in [0.29, 0.717) is 12.2 Å². The number of halogens is 2. The van der Waals surface area contributed by atoms with Gasteiger partial charge in [0.25, 0.3) is 5.91 Å². The normalized spacial score (nSPS) is 15.0. The third kappa shape index (κ3) is 4.22. The number of nitrogens with two attached hydrogens (primary N) is 1. The van der Waals surface area contributed by atoms with E-state index < -0.39 is 0 Å². The van der Waals surface area contributed by atoms with Crippen LogP contribution in [0.15, 0.2) is 10.8 Å². The number of nitrogens with zero attached hydrogens (tertiary/aromatic N) is 2. The highest BCUT2D eigenvalue weighted by Gasteiger charge is 2.42. The average molecular weight is 395 g/mol. The molecule has 0 spiro atoms. The second-order valence-electron chi connectivity index (χ2n) is 5.35. The summed E-state index contributed by atoms with van der Waals surface area (Å²) in [7, 11) is 0. The number of aromatic nitrogens is 2. The van der Waals surface area contributed by atoms with E-state index in [0.717, 1.165) is 41.4 Å². The molecular formula is C14H20Cl2N4OS2. The summed E-state index contributed by atoms with van der Waals surface area (Å²) in [6.07, 6.45) is 3.74. The van der Waals surface area contributed by atoms with E-state index in [1.165, 1.54) is 11.3 Å². The number of nitrogens with one attached hydrogen (secondary N) is 1. The van der Waals surface area contributed by atoms with Gasteiger partial charge in [-0.05, 0) is 32.7 Å². The van der Waals surface area contributed by atoms with Crippen molar-refractivity contribution in [1.29, 1.82) is 0 Å². The summed E-state index contributed by atoms with van der Waals surface area (Å²) < 4.78 is 0. The maximum absolute atomic E-state index is 12.4. The lowest BCUT2D eigenvalue weighted by Gasteiger charge is -2.40. The van der Waals surface area contributed by atoms with Gasteiger partial charge in [0.1, 0.15) is 10.7 Å².